The Morgan fingerprint density at radius 3 is 2.19 bits per heavy atom. The molecule has 0 spiro atoms. The maximum absolute atomic E-state index is 12.8. The average Bonchev–Trinajstić information content (AvgIpc) is 2.99. The summed E-state index contributed by atoms with van der Waals surface area (Å²) in [4.78, 5) is 39.4. The zero-order valence-corrected chi connectivity index (χ0v) is 15.3. The molecule has 2 aliphatic heterocycles. The van der Waals surface area contributed by atoms with Gasteiger partial charge >= 0.3 is 5.97 Å². The van der Waals surface area contributed by atoms with Crippen molar-refractivity contribution in [1.29, 1.82) is 0 Å². The smallest absolute Gasteiger partial charge is 0.309 e. The number of nitrogens with zero attached hydrogens (tertiary/aromatic N) is 3. The second-order valence-electron chi connectivity index (χ2n) is 6.84. The highest BCUT2D eigenvalue weighted by Gasteiger charge is 2.46. The molecule has 0 unspecified atom stereocenters. The summed E-state index contributed by atoms with van der Waals surface area (Å²) in [6, 6.07) is 3.61. The number of aliphatic carboxylic acids is 1. The number of carbonyl (C=O) groups is 3. The number of amides is 2. The first-order chi connectivity index (χ1) is 12.2. The van der Waals surface area contributed by atoms with Crippen LogP contribution in [-0.4, -0.2) is 46.8 Å². The van der Waals surface area contributed by atoms with Crippen molar-refractivity contribution in [2.45, 2.75) is 26.8 Å². The van der Waals surface area contributed by atoms with E-state index in [-0.39, 0.29) is 24.2 Å². The number of carboxylic acids is 1. The highest BCUT2D eigenvalue weighted by Crippen LogP contribution is 2.43. The molecule has 0 radical (unpaired) electrons. The van der Waals surface area contributed by atoms with E-state index in [1.807, 2.05) is 13.8 Å². The number of allylic oxidation sites excluding steroid dienone is 1. The fourth-order valence-corrected chi connectivity index (χ4v) is 3.56. The highest BCUT2D eigenvalue weighted by atomic mass is 16.4. The van der Waals surface area contributed by atoms with E-state index >= 15 is 0 Å². The molecule has 0 aliphatic carbocycles. The van der Waals surface area contributed by atoms with E-state index in [2.05, 4.69) is 0 Å². The summed E-state index contributed by atoms with van der Waals surface area (Å²) in [6.45, 7) is 4.29. The molecule has 1 N–H and O–H groups in total. The third kappa shape index (κ3) is 2.69. The van der Waals surface area contributed by atoms with Gasteiger partial charge in [0.15, 0.2) is 18.9 Å². The first kappa shape index (κ1) is 17.8. The fourth-order valence-electron chi connectivity index (χ4n) is 3.56. The lowest BCUT2D eigenvalue weighted by atomic mass is 10.0. The van der Waals surface area contributed by atoms with Crippen LogP contribution in [0.25, 0.3) is 5.70 Å². The lowest BCUT2D eigenvalue weighted by molar-refractivity contribution is -0.696. The summed E-state index contributed by atoms with van der Waals surface area (Å²) in [5.41, 5.74) is 3.05. The molecule has 0 atom stereocenters. The van der Waals surface area contributed by atoms with Gasteiger partial charge in [0.25, 0.3) is 11.8 Å². The largest absolute Gasteiger partial charge is 0.481 e. The Morgan fingerprint density at radius 1 is 1.08 bits per heavy atom. The third-order valence-electron chi connectivity index (χ3n) is 4.77. The lowest BCUT2D eigenvalue weighted by Crippen LogP contribution is -2.34. The van der Waals surface area contributed by atoms with E-state index in [1.165, 1.54) is 4.90 Å². The summed E-state index contributed by atoms with van der Waals surface area (Å²) < 4.78 is 1.76. The molecule has 2 aliphatic rings. The van der Waals surface area contributed by atoms with Crippen molar-refractivity contribution in [3.8, 4) is 0 Å². The van der Waals surface area contributed by atoms with Crippen LogP contribution in [-0.2, 0) is 20.9 Å². The minimum atomic E-state index is -0.858. The minimum Gasteiger partial charge on any atom is -0.481 e. The van der Waals surface area contributed by atoms with Gasteiger partial charge < -0.3 is 14.9 Å². The van der Waals surface area contributed by atoms with Gasteiger partial charge in [-0.1, -0.05) is 13.8 Å². The van der Waals surface area contributed by atoms with Crippen LogP contribution in [0.4, 0.5) is 0 Å². The van der Waals surface area contributed by atoms with Gasteiger partial charge in [0.2, 0.25) is 0 Å². The molecule has 0 aromatic carbocycles. The molecule has 2 amide bonds. The highest BCUT2D eigenvalue weighted by molar-refractivity contribution is 6.25. The summed E-state index contributed by atoms with van der Waals surface area (Å²) in [6.07, 6.45) is 3.56. The number of carbonyl (C=O) groups excluding carboxylic acids is 2. The van der Waals surface area contributed by atoms with Gasteiger partial charge in [-0.15, -0.1) is 0 Å². The number of likely N-dealkylation sites (N-methyl/N-ethyl adjacent to an activating group) is 2. The minimum absolute atomic E-state index is 0.0320. The molecular formula is C19H22N3O4+. The first-order valence-electron chi connectivity index (χ1n) is 8.50. The first-order valence-corrected chi connectivity index (χ1v) is 8.50. The van der Waals surface area contributed by atoms with Gasteiger partial charge in [-0.3, -0.25) is 14.4 Å². The van der Waals surface area contributed by atoms with Gasteiger partial charge in [0, 0.05) is 37.5 Å². The van der Waals surface area contributed by atoms with E-state index in [1.54, 1.807) is 48.1 Å². The molecule has 3 heterocycles. The van der Waals surface area contributed by atoms with Crippen LogP contribution in [0.2, 0.25) is 0 Å². The molecule has 3 rings (SSSR count). The van der Waals surface area contributed by atoms with Crippen molar-refractivity contribution < 1.29 is 24.1 Å². The monoisotopic (exact) mass is 356 g/mol. The Kier molecular flexibility index (Phi) is 4.39. The van der Waals surface area contributed by atoms with Gasteiger partial charge in [-0.05, 0) is 5.92 Å². The molecular weight excluding hydrogens is 334 g/mol. The topological polar surface area (TPSA) is 81.8 Å². The fraction of sp³-hybridized carbons (Fsp3) is 0.368. The molecule has 1 aromatic heterocycles. The summed E-state index contributed by atoms with van der Waals surface area (Å²) in [7, 11) is 3.37. The molecule has 7 nitrogen and oxygen atoms in total. The average molecular weight is 356 g/mol. The normalized spacial score (nSPS) is 17.1. The van der Waals surface area contributed by atoms with Crippen molar-refractivity contribution in [3.63, 3.8) is 0 Å². The SMILES string of the molecule is CC(C)C1=C2C(=O)N(C)C(c3cc[n+](CCC(=O)O)cc3)=C2C(=O)N1C. The van der Waals surface area contributed by atoms with E-state index in [0.717, 1.165) is 11.3 Å². The van der Waals surface area contributed by atoms with Gasteiger partial charge in [-0.25, -0.2) is 4.57 Å². The van der Waals surface area contributed by atoms with E-state index in [0.29, 0.717) is 23.4 Å². The summed E-state index contributed by atoms with van der Waals surface area (Å²) >= 11 is 0. The molecule has 26 heavy (non-hydrogen) atoms. The maximum Gasteiger partial charge on any atom is 0.309 e. The van der Waals surface area contributed by atoms with E-state index in [9.17, 15) is 14.4 Å². The summed E-state index contributed by atoms with van der Waals surface area (Å²) in [5, 5.41) is 8.78. The molecule has 0 saturated heterocycles. The second-order valence-corrected chi connectivity index (χ2v) is 6.84. The maximum atomic E-state index is 12.8. The van der Waals surface area contributed by atoms with Crippen LogP contribution in [0.3, 0.4) is 0 Å². The predicted octanol–water partition coefficient (Wildman–Crippen LogP) is 1.01. The van der Waals surface area contributed by atoms with Gasteiger partial charge in [0.05, 0.1) is 16.8 Å². The van der Waals surface area contributed by atoms with Crippen LogP contribution in [0.15, 0.2) is 41.4 Å². The number of aromatic nitrogens is 1. The number of hydrogen-bond donors (Lipinski definition) is 1. The van der Waals surface area contributed by atoms with Crippen molar-refractivity contribution in [2.24, 2.45) is 5.92 Å². The van der Waals surface area contributed by atoms with Crippen molar-refractivity contribution in [3.05, 3.63) is 46.9 Å². The Bertz CT molecular complexity index is 865. The van der Waals surface area contributed by atoms with Crippen molar-refractivity contribution in [1.82, 2.24) is 9.80 Å². The van der Waals surface area contributed by atoms with E-state index < -0.39 is 5.97 Å². The Hall–Kier alpha value is -2.96. The van der Waals surface area contributed by atoms with Crippen LogP contribution in [0.1, 0.15) is 25.8 Å². The standard InChI is InChI=1S/C19H21N3O4/c1-11(2)16-14-15(19(26)20(16)3)17(21(4)18(14)25)12-5-8-22(9-6-12)10-7-13(23)24/h5-6,8-9,11H,7,10H2,1-4H3/p+1. The van der Waals surface area contributed by atoms with E-state index in [4.69, 9.17) is 5.11 Å². The predicted molar refractivity (Wildman–Crippen MR) is 93.2 cm³/mol. The van der Waals surface area contributed by atoms with Crippen molar-refractivity contribution in [2.75, 3.05) is 14.1 Å². The second kappa shape index (κ2) is 6.40. The van der Waals surface area contributed by atoms with Gasteiger partial charge in [0.1, 0.15) is 6.42 Å². The molecule has 7 heteroatoms. The quantitative estimate of drug-likeness (QED) is 0.799. The lowest BCUT2D eigenvalue weighted by Gasteiger charge is -2.21. The Labute approximate surface area is 151 Å². The molecule has 0 saturated carbocycles. The van der Waals surface area contributed by atoms with Gasteiger partial charge in [-0.2, -0.15) is 0 Å². The third-order valence-corrected chi connectivity index (χ3v) is 4.77. The van der Waals surface area contributed by atoms with Crippen LogP contribution in [0, 0.1) is 5.92 Å². The molecule has 0 fully saturated rings. The number of aryl methyl sites for hydroxylation is 1. The number of rotatable bonds is 5. The Morgan fingerprint density at radius 2 is 1.65 bits per heavy atom. The number of carboxylic acid groups (broad SMARTS) is 1. The Balaban J connectivity index is 2.05. The zero-order valence-electron chi connectivity index (χ0n) is 15.3. The number of hydrogen-bond acceptors (Lipinski definition) is 3. The number of pyridine rings is 1. The summed E-state index contributed by atoms with van der Waals surface area (Å²) in [5.74, 6) is -1.14. The molecule has 1 aromatic rings. The van der Waals surface area contributed by atoms with Crippen molar-refractivity contribution >= 4 is 23.5 Å². The number of fused-ring (bicyclic) bond motifs is 1. The van der Waals surface area contributed by atoms with Crippen LogP contribution in [0.5, 0.6) is 0 Å². The molecule has 0 bridgehead atoms. The van der Waals surface area contributed by atoms with Crippen LogP contribution < -0.4 is 4.57 Å². The molecule has 136 valence electrons. The van der Waals surface area contributed by atoms with Crippen LogP contribution >= 0.6 is 0 Å². The zero-order chi connectivity index (χ0) is 19.2.